The maximum atomic E-state index is 12.1. The number of carbonyl (C=O) groups excluding carboxylic acids is 2. The summed E-state index contributed by atoms with van der Waals surface area (Å²) in [5.41, 5.74) is 7.89. The average molecular weight is 565 g/mol. The van der Waals surface area contributed by atoms with Crippen molar-refractivity contribution in [2.45, 2.75) is 26.8 Å². The maximum absolute atomic E-state index is 12.1. The van der Waals surface area contributed by atoms with Crippen molar-refractivity contribution in [3.63, 3.8) is 0 Å². The molecule has 0 radical (unpaired) electrons. The zero-order valence-corrected chi connectivity index (χ0v) is 25.4. The van der Waals surface area contributed by atoms with Gasteiger partial charge in [0.25, 0.3) is 0 Å². The van der Waals surface area contributed by atoms with Gasteiger partial charge in [-0.1, -0.05) is 122 Å². The van der Waals surface area contributed by atoms with E-state index in [1.165, 1.54) is 11.1 Å². The van der Waals surface area contributed by atoms with Crippen molar-refractivity contribution < 1.29 is 9.59 Å². The van der Waals surface area contributed by atoms with Crippen LogP contribution in [-0.4, -0.2) is 25.3 Å². The van der Waals surface area contributed by atoms with Crippen molar-refractivity contribution in [1.29, 1.82) is 0 Å². The molecule has 2 N–H and O–H groups in total. The van der Waals surface area contributed by atoms with Crippen LogP contribution in [0.2, 0.25) is 0 Å². The summed E-state index contributed by atoms with van der Waals surface area (Å²) in [4.78, 5) is 22.1. The van der Waals surface area contributed by atoms with E-state index in [1.807, 2.05) is 92.5 Å². The standard InChI is InChI=1S/C25H23NO.C10H13NO.CH5P/c1-18-8-7-11-24(16-18)19(2)26-25(20(3)27)17-21-12-14-23(15-13-21)22-9-5-4-6-10-22;12-8-4-7-11-9-10-5-2-1-3-6-10;1-2/h4-17,26H,2H2,1,3H3;1-3,5-6,8,11H,4,7,9H2;2H2,1H3/b25-17+;;. The minimum atomic E-state index is -0.0315. The Kier molecular flexibility index (Phi) is 15.4. The van der Waals surface area contributed by atoms with E-state index in [-0.39, 0.29) is 5.78 Å². The van der Waals surface area contributed by atoms with Gasteiger partial charge in [0.05, 0.1) is 5.70 Å². The number of allylic oxidation sites excluding steroid dienone is 1. The summed E-state index contributed by atoms with van der Waals surface area (Å²) in [6.07, 6.45) is 3.38. The molecule has 0 fully saturated rings. The Balaban J connectivity index is 0.000000352. The molecule has 212 valence electrons. The maximum Gasteiger partial charge on any atom is 0.175 e. The van der Waals surface area contributed by atoms with Gasteiger partial charge < -0.3 is 15.4 Å². The molecule has 1 atom stereocenters. The Bertz CT molecular complexity index is 1380. The van der Waals surface area contributed by atoms with Gasteiger partial charge in [-0.05, 0) is 46.9 Å². The zero-order chi connectivity index (χ0) is 29.9. The fraction of sp³-hybridized carbons (Fsp3) is 0.167. The number of carbonyl (C=O) groups is 2. The quantitative estimate of drug-likeness (QED) is 0.0848. The van der Waals surface area contributed by atoms with E-state index in [0.717, 1.165) is 41.6 Å². The Labute approximate surface area is 247 Å². The van der Waals surface area contributed by atoms with Crippen LogP contribution in [0.4, 0.5) is 0 Å². The number of aldehydes is 1. The van der Waals surface area contributed by atoms with Crippen LogP contribution in [0.25, 0.3) is 22.9 Å². The smallest absolute Gasteiger partial charge is 0.175 e. The lowest BCUT2D eigenvalue weighted by atomic mass is 10.0. The number of nitrogens with one attached hydrogen (secondary N) is 2. The number of Topliss-reactive ketones (excluding diaryl/α,β-unsaturated/α-hetero) is 1. The van der Waals surface area contributed by atoms with Gasteiger partial charge in [0.1, 0.15) is 6.29 Å². The van der Waals surface area contributed by atoms with E-state index in [1.54, 1.807) is 6.92 Å². The molecule has 0 aliphatic carbocycles. The van der Waals surface area contributed by atoms with Crippen LogP contribution in [0.15, 0.2) is 121 Å². The molecule has 41 heavy (non-hydrogen) atoms. The van der Waals surface area contributed by atoms with Gasteiger partial charge >= 0.3 is 0 Å². The van der Waals surface area contributed by atoms with E-state index in [2.05, 4.69) is 62.9 Å². The van der Waals surface area contributed by atoms with Gasteiger partial charge in [-0.15, -0.1) is 9.24 Å². The third-order valence-electron chi connectivity index (χ3n) is 5.97. The lowest BCUT2D eigenvalue weighted by molar-refractivity contribution is -0.113. The zero-order valence-electron chi connectivity index (χ0n) is 24.3. The lowest BCUT2D eigenvalue weighted by Gasteiger charge is -2.12. The molecule has 0 aliphatic rings. The highest BCUT2D eigenvalue weighted by molar-refractivity contribution is 7.15. The monoisotopic (exact) mass is 564 g/mol. The summed E-state index contributed by atoms with van der Waals surface area (Å²) in [7, 11) is 2.42. The second-order valence-corrected chi connectivity index (χ2v) is 9.19. The van der Waals surface area contributed by atoms with E-state index >= 15 is 0 Å². The number of rotatable bonds is 11. The van der Waals surface area contributed by atoms with Gasteiger partial charge in [0.15, 0.2) is 5.78 Å². The lowest BCUT2D eigenvalue weighted by Crippen LogP contribution is -2.16. The van der Waals surface area contributed by atoms with Gasteiger partial charge in [-0.3, -0.25) is 4.79 Å². The van der Waals surface area contributed by atoms with E-state index < -0.39 is 0 Å². The van der Waals surface area contributed by atoms with Crippen LogP contribution in [0, 0.1) is 6.92 Å². The van der Waals surface area contributed by atoms with Crippen LogP contribution in [0.3, 0.4) is 0 Å². The summed E-state index contributed by atoms with van der Waals surface area (Å²) < 4.78 is 0. The van der Waals surface area contributed by atoms with Crippen molar-refractivity contribution in [2.24, 2.45) is 0 Å². The number of aryl methyl sites for hydroxylation is 1. The van der Waals surface area contributed by atoms with E-state index in [4.69, 9.17) is 0 Å². The first-order valence-electron chi connectivity index (χ1n) is 13.6. The summed E-state index contributed by atoms with van der Waals surface area (Å²) >= 11 is 0. The van der Waals surface area contributed by atoms with E-state index in [0.29, 0.717) is 17.8 Å². The highest BCUT2D eigenvalue weighted by atomic mass is 31.0. The number of ketones is 1. The Morgan fingerprint density at radius 3 is 2.02 bits per heavy atom. The number of benzene rings is 4. The second-order valence-electron chi connectivity index (χ2n) is 9.19. The van der Waals surface area contributed by atoms with Crippen LogP contribution >= 0.6 is 9.24 Å². The molecule has 0 aliphatic heterocycles. The van der Waals surface area contributed by atoms with Gasteiger partial charge in [-0.25, -0.2) is 0 Å². The topological polar surface area (TPSA) is 58.2 Å². The summed E-state index contributed by atoms with van der Waals surface area (Å²) in [6, 6.07) is 36.6. The molecular weight excluding hydrogens is 523 g/mol. The molecule has 4 nitrogen and oxygen atoms in total. The minimum absolute atomic E-state index is 0.0315. The Morgan fingerprint density at radius 2 is 1.44 bits per heavy atom. The molecule has 0 amide bonds. The van der Waals surface area contributed by atoms with Crippen LogP contribution in [0.5, 0.6) is 0 Å². The predicted molar refractivity (Wildman–Crippen MR) is 178 cm³/mol. The van der Waals surface area contributed by atoms with Crippen molar-refractivity contribution in [3.8, 4) is 11.1 Å². The highest BCUT2D eigenvalue weighted by Crippen LogP contribution is 2.21. The first kappa shape index (κ1) is 33.1. The molecule has 0 saturated carbocycles. The van der Waals surface area contributed by atoms with Crippen LogP contribution in [0.1, 0.15) is 35.6 Å². The molecular formula is C36H41N2O2P. The molecule has 0 aromatic heterocycles. The fourth-order valence-corrected chi connectivity index (χ4v) is 3.85. The molecule has 4 aromatic carbocycles. The first-order valence-corrected chi connectivity index (χ1v) is 14.8. The van der Waals surface area contributed by atoms with Crippen molar-refractivity contribution >= 4 is 33.1 Å². The fourth-order valence-electron chi connectivity index (χ4n) is 3.85. The number of hydrogen-bond acceptors (Lipinski definition) is 4. The molecule has 1 unspecified atom stereocenters. The third-order valence-corrected chi connectivity index (χ3v) is 5.97. The van der Waals surface area contributed by atoms with Gasteiger partial charge in [-0.2, -0.15) is 0 Å². The SMILES string of the molecule is C=C(N/C(=C/c1ccc(-c2ccccc2)cc1)C(C)=O)c1cccc(C)c1.CP.O=CCCNCc1ccccc1. The minimum Gasteiger partial charge on any atom is -0.353 e. The summed E-state index contributed by atoms with van der Waals surface area (Å²) in [5, 5.41) is 6.34. The molecule has 4 aromatic rings. The molecule has 0 saturated heterocycles. The van der Waals surface area contributed by atoms with E-state index in [9.17, 15) is 9.59 Å². The largest absolute Gasteiger partial charge is 0.353 e. The Morgan fingerprint density at radius 1 is 0.829 bits per heavy atom. The molecule has 5 heteroatoms. The molecule has 4 rings (SSSR count). The van der Waals surface area contributed by atoms with Gasteiger partial charge in [0, 0.05) is 32.1 Å². The predicted octanol–water partition coefficient (Wildman–Crippen LogP) is 7.71. The average Bonchev–Trinajstić information content (AvgIpc) is 3.01. The molecule has 0 bridgehead atoms. The van der Waals surface area contributed by atoms with Gasteiger partial charge in [0.2, 0.25) is 0 Å². The third kappa shape index (κ3) is 12.3. The summed E-state index contributed by atoms with van der Waals surface area (Å²) in [5.74, 6) is -0.0315. The highest BCUT2D eigenvalue weighted by Gasteiger charge is 2.07. The first-order chi connectivity index (χ1) is 20.0. The van der Waals surface area contributed by atoms with Crippen molar-refractivity contribution in [2.75, 3.05) is 13.2 Å². The van der Waals surface area contributed by atoms with Crippen molar-refractivity contribution in [1.82, 2.24) is 10.6 Å². The molecule has 0 heterocycles. The normalized spacial score (nSPS) is 10.3. The molecule has 0 spiro atoms. The van der Waals surface area contributed by atoms with Crippen molar-refractivity contribution in [3.05, 3.63) is 144 Å². The number of hydrogen-bond donors (Lipinski definition) is 2. The second kappa shape index (κ2) is 19.0. The van der Waals surface area contributed by atoms with Crippen LogP contribution in [-0.2, 0) is 16.1 Å². The Hall–Kier alpha value is -4.11. The summed E-state index contributed by atoms with van der Waals surface area (Å²) in [6.45, 7) is 11.2. The van der Waals surface area contributed by atoms with Crippen LogP contribution < -0.4 is 10.6 Å².